The number of allylic oxidation sites excluding steroid dienone is 1. The zero-order valence-electron chi connectivity index (χ0n) is 5.36. The van der Waals surface area contributed by atoms with Gasteiger partial charge < -0.3 is 0 Å². The first-order valence-corrected chi connectivity index (χ1v) is 3.99. The highest BCUT2D eigenvalue weighted by Gasteiger charge is 1.93. The summed E-state index contributed by atoms with van der Waals surface area (Å²) in [5.74, 6) is 0. The molecule has 0 aromatic carbocycles. The summed E-state index contributed by atoms with van der Waals surface area (Å²) in [7, 11) is 0. The Bertz CT molecular complexity index is 59.4. The molecule has 1 atom stereocenters. The third-order valence-corrected chi connectivity index (χ3v) is 1.92. The minimum Gasteiger partial charge on any atom is -0.102 e. The highest BCUT2D eigenvalue weighted by Crippen LogP contribution is 2.09. The summed E-state index contributed by atoms with van der Waals surface area (Å²) < 4.78 is 0. The Kier molecular flexibility index (Phi) is 5.51. The van der Waals surface area contributed by atoms with E-state index in [2.05, 4.69) is 29.4 Å². The predicted molar refractivity (Wildman–Crippen MR) is 42.4 cm³/mol. The average Bonchev–Trinajstić information content (AvgIpc) is 1.83. The molecule has 0 amide bonds. The Balaban J connectivity index is 2.98. The summed E-state index contributed by atoms with van der Waals surface area (Å²) in [5, 5.41) is 0. The van der Waals surface area contributed by atoms with Gasteiger partial charge in [-0.1, -0.05) is 41.8 Å². The first-order valence-electron chi connectivity index (χ1n) is 3.08. The van der Waals surface area contributed by atoms with Crippen LogP contribution in [0.5, 0.6) is 0 Å². The van der Waals surface area contributed by atoms with Crippen LogP contribution < -0.4 is 0 Å². The maximum Gasteiger partial charge on any atom is 0.0322 e. The van der Waals surface area contributed by atoms with Gasteiger partial charge in [-0.3, -0.25) is 0 Å². The second kappa shape index (κ2) is 5.36. The molecule has 0 heterocycles. The molecule has 0 aliphatic heterocycles. The third kappa shape index (κ3) is 4.38. The van der Waals surface area contributed by atoms with Crippen molar-refractivity contribution in [2.24, 2.45) is 0 Å². The van der Waals surface area contributed by atoms with Crippen LogP contribution in [-0.4, -0.2) is 4.83 Å². The van der Waals surface area contributed by atoms with E-state index in [1.807, 2.05) is 6.08 Å². The monoisotopic (exact) mass is 176 g/mol. The first kappa shape index (κ1) is 8.22. The number of hydrogen-bond acceptors (Lipinski definition) is 0. The fourth-order valence-electron chi connectivity index (χ4n) is 0.517. The summed E-state index contributed by atoms with van der Waals surface area (Å²) in [6, 6.07) is 0. The third-order valence-electron chi connectivity index (χ3n) is 1.09. The molecule has 0 aromatic rings. The van der Waals surface area contributed by atoms with Gasteiger partial charge >= 0.3 is 0 Å². The quantitative estimate of drug-likeness (QED) is 0.457. The van der Waals surface area contributed by atoms with E-state index in [1.54, 1.807) is 0 Å². The van der Waals surface area contributed by atoms with Gasteiger partial charge in [0.2, 0.25) is 0 Å². The van der Waals surface area contributed by atoms with E-state index in [4.69, 9.17) is 0 Å². The van der Waals surface area contributed by atoms with Gasteiger partial charge in [0.05, 0.1) is 0 Å². The van der Waals surface area contributed by atoms with Crippen molar-refractivity contribution < 1.29 is 0 Å². The van der Waals surface area contributed by atoms with Crippen LogP contribution >= 0.6 is 15.9 Å². The molecular weight excluding hydrogens is 164 g/mol. The lowest BCUT2D eigenvalue weighted by atomic mass is 10.2. The van der Waals surface area contributed by atoms with Crippen LogP contribution in [0.15, 0.2) is 12.7 Å². The Morgan fingerprint density at radius 2 is 2.38 bits per heavy atom. The maximum atomic E-state index is 3.67. The molecule has 0 rings (SSSR count). The van der Waals surface area contributed by atoms with Crippen LogP contribution in [0.1, 0.15) is 26.2 Å². The number of unbranched alkanes of at least 4 members (excludes halogenated alkanes) is 1. The van der Waals surface area contributed by atoms with Crippen molar-refractivity contribution in [2.45, 2.75) is 31.0 Å². The first-order chi connectivity index (χ1) is 3.81. The van der Waals surface area contributed by atoms with Gasteiger partial charge in [0.25, 0.3) is 0 Å². The van der Waals surface area contributed by atoms with Crippen LogP contribution in [0.3, 0.4) is 0 Å². The van der Waals surface area contributed by atoms with Gasteiger partial charge in [-0.2, -0.15) is 0 Å². The summed E-state index contributed by atoms with van der Waals surface area (Å²) in [6.45, 7) is 5.86. The van der Waals surface area contributed by atoms with Gasteiger partial charge in [0.15, 0.2) is 0 Å². The lowest BCUT2D eigenvalue weighted by Crippen LogP contribution is -1.89. The summed E-state index contributed by atoms with van der Waals surface area (Å²) in [6.07, 6.45) is 5.73. The van der Waals surface area contributed by atoms with Gasteiger partial charge in [-0.15, -0.1) is 6.58 Å². The maximum absolute atomic E-state index is 3.67. The zero-order valence-corrected chi connectivity index (χ0v) is 6.95. The smallest absolute Gasteiger partial charge is 0.0322 e. The molecule has 1 heteroatoms. The van der Waals surface area contributed by atoms with Gasteiger partial charge in [0.1, 0.15) is 0 Å². The minimum atomic E-state index is 0.530. The SMILES string of the molecule is C=C[C@@H](Br)CCCC. The van der Waals surface area contributed by atoms with Crippen molar-refractivity contribution in [1.29, 1.82) is 0 Å². The largest absolute Gasteiger partial charge is 0.102 e. The number of rotatable bonds is 4. The molecule has 0 saturated carbocycles. The number of hydrogen-bond donors (Lipinski definition) is 0. The fraction of sp³-hybridized carbons (Fsp3) is 0.714. The molecule has 0 aliphatic carbocycles. The second-order valence-corrected chi connectivity index (χ2v) is 3.07. The van der Waals surface area contributed by atoms with E-state index < -0.39 is 0 Å². The second-order valence-electron chi connectivity index (χ2n) is 1.89. The zero-order chi connectivity index (χ0) is 6.41. The van der Waals surface area contributed by atoms with Crippen molar-refractivity contribution in [3.63, 3.8) is 0 Å². The van der Waals surface area contributed by atoms with Crippen LogP contribution in [0, 0.1) is 0 Å². The Morgan fingerprint density at radius 1 is 1.75 bits per heavy atom. The van der Waals surface area contributed by atoms with Crippen LogP contribution in [0.25, 0.3) is 0 Å². The minimum absolute atomic E-state index is 0.530. The molecule has 0 N–H and O–H groups in total. The molecule has 48 valence electrons. The van der Waals surface area contributed by atoms with Gasteiger partial charge in [-0.05, 0) is 6.42 Å². The van der Waals surface area contributed by atoms with Crippen LogP contribution in [-0.2, 0) is 0 Å². The topological polar surface area (TPSA) is 0 Å². The Labute approximate surface area is 60.1 Å². The number of halogens is 1. The lowest BCUT2D eigenvalue weighted by molar-refractivity contribution is 0.743. The van der Waals surface area contributed by atoms with E-state index in [0.717, 1.165) is 0 Å². The molecule has 0 nitrogen and oxygen atoms in total. The Hall–Kier alpha value is 0.220. The van der Waals surface area contributed by atoms with Crippen molar-refractivity contribution in [1.82, 2.24) is 0 Å². The summed E-state index contributed by atoms with van der Waals surface area (Å²) >= 11 is 3.46. The van der Waals surface area contributed by atoms with E-state index in [1.165, 1.54) is 19.3 Å². The molecule has 0 bridgehead atoms. The van der Waals surface area contributed by atoms with Crippen LogP contribution in [0.4, 0.5) is 0 Å². The summed E-state index contributed by atoms with van der Waals surface area (Å²) in [5.41, 5.74) is 0. The highest BCUT2D eigenvalue weighted by atomic mass is 79.9. The molecule has 0 radical (unpaired) electrons. The van der Waals surface area contributed by atoms with E-state index in [0.29, 0.717) is 4.83 Å². The van der Waals surface area contributed by atoms with Crippen LogP contribution in [0.2, 0.25) is 0 Å². The standard InChI is InChI=1S/C7H13Br/c1-3-5-6-7(8)4-2/h4,7H,2-3,5-6H2,1H3/t7-/m1/s1. The molecule has 0 unspecified atom stereocenters. The molecule has 8 heavy (non-hydrogen) atoms. The summed E-state index contributed by atoms with van der Waals surface area (Å²) in [4.78, 5) is 0.530. The van der Waals surface area contributed by atoms with Crippen molar-refractivity contribution in [3.05, 3.63) is 12.7 Å². The normalized spacial score (nSPS) is 13.2. The fourth-order valence-corrected chi connectivity index (χ4v) is 0.841. The molecule has 0 aromatic heterocycles. The number of alkyl halides is 1. The van der Waals surface area contributed by atoms with Crippen molar-refractivity contribution >= 4 is 15.9 Å². The highest BCUT2D eigenvalue weighted by molar-refractivity contribution is 9.09. The van der Waals surface area contributed by atoms with Crippen molar-refractivity contribution in [3.8, 4) is 0 Å². The van der Waals surface area contributed by atoms with E-state index in [-0.39, 0.29) is 0 Å². The predicted octanol–water partition coefficient (Wildman–Crippen LogP) is 3.13. The van der Waals surface area contributed by atoms with E-state index in [9.17, 15) is 0 Å². The van der Waals surface area contributed by atoms with Crippen molar-refractivity contribution in [2.75, 3.05) is 0 Å². The Morgan fingerprint density at radius 3 is 2.75 bits per heavy atom. The molecule has 0 fully saturated rings. The van der Waals surface area contributed by atoms with Gasteiger partial charge in [0, 0.05) is 4.83 Å². The lowest BCUT2D eigenvalue weighted by Gasteiger charge is -1.98. The van der Waals surface area contributed by atoms with Gasteiger partial charge in [-0.25, -0.2) is 0 Å². The average molecular weight is 177 g/mol. The molecular formula is C7H13Br. The molecule has 0 spiro atoms. The molecule has 0 saturated heterocycles. The van der Waals surface area contributed by atoms with E-state index >= 15 is 0 Å². The molecule has 0 aliphatic rings.